The van der Waals surface area contributed by atoms with E-state index in [-0.39, 0.29) is 5.82 Å². The van der Waals surface area contributed by atoms with Gasteiger partial charge in [0.15, 0.2) is 11.5 Å². The Morgan fingerprint density at radius 3 is 2.81 bits per heavy atom. The highest BCUT2D eigenvalue weighted by Crippen LogP contribution is 2.43. The fourth-order valence-electron chi connectivity index (χ4n) is 4.51. The van der Waals surface area contributed by atoms with Gasteiger partial charge >= 0.3 is 0 Å². The molecule has 27 heavy (non-hydrogen) atoms. The van der Waals surface area contributed by atoms with Gasteiger partial charge in [-0.25, -0.2) is 4.39 Å². The quantitative estimate of drug-likeness (QED) is 0.883. The lowest BCUT2D eigenvalue weighted by Gasteiger charge is -2.39. The number of ether oxygens (including phenoxy) is 2. The first-order chi connectivity index (χ1) is 13.1. The van der Waals surface area contributed by atoms with Crippen LogP contribution in [0.1, 0.15) is 29.5 Å². The molecular weight excluding hydrogens is 345 g/mol. The van der Waals surface area contributed by atoms with E-state index in [0.29, 0.717) is 32.6 Å². The second kappa shape index (κ2) is 6.36. The minimum Gasteiger partial charge on any atom is -0.486 e. The molecule has 4 nitrogen and oxygen atoms in total. The fraction of sp³-hybridized carbons (Fsp3) is 0.364. The van der Waals surface area contributed by atoms with Crippen molar-refractivity contribution < 1.29 is 19.0 Å². The van der Waals surface area contributed by atoms with E-state index in [1.54, 1.807) is 12.1 Å². The molecule has 0 bridgehead atoms. The second-order valence-electron chi connectivity index (χ2n) is 7.37. The number of aryl methyl sites for hydroxylation is 1. The first-order valence-electron chi connectivity index (χ1n) is 9.49. The molecule has 2 aliphatic heterocycles. The lowest BCUT2D eigenvalue weighted by atomic mass is 9.95. The summed E-state index contributed by atoms with van der Waals surface area (Å²) in [5, 5.41) is 11.3. The van der Waals surface area contributed by atoms with Gasteiger partial charge in [0.1, 0.15) is 24.8 Å². The molecule has 0 saturated carbocycles. The van der Waals surface area contributed by atoms with Crippen molar-refractivity contribution in [2.24, 2.45) is 0 Å². The molecule has 2 heterocycles. The molecule has 5 rings (SSSR count). The molecule has 1 aliphatic carbocycles. The summed E-state index contributed by atoms with van der Waals surface area (Å²) in [4.78, 5) is 2.09. The number of hydrogen-bond acceptors (Lipinski definition) is 4. The fourth-order valence-corrected chi connectivity index (χ4v) is 4.51. The van der Waals surface area contributed by atoms with Crippen molar-refractivity contribution in [1.82, 2.24) is 4.90 Å². The Balaban J connectivity index is 1.42. The molecule has 0 amide bonds. The molecule has 0 aromatic heterocycles. The van der Waals surface area contributed by atoms with Crippen LogP contribution in [0.15, 0.2) is 42.5 Å². The third-order valence-corrected chi connectivity index (χ3v) is 5.89. The van der Waals surface area contributed by atoms with Crippen molar-refractivity contribution in [2.45, 2.75) is 25.0 Å². The molecule has 1 N–H and O–H groups in total. The van der Waals surface area contributed by atoms with Crippen molar-refractivity contribution in [2.75, 3.05) is 26.3 Å². The third-order valence-electron chi connectivity index (χ3n) is 5.89. The van der Waals surface area contributed by atoms with Crippen molar-refractivity contribution in [3.63, 3.8) is 0 Å². The summed E-state index contributed by atoms with van der Waals surface area (Å²) < 4.78 is 25.0. The predicted molar refractivity (Wildman–Crippen MR) is 100 cm³/mol. The van der Waals surface area contributed by atoms with E-state index in [0.717, 1.165) is 41.2 Å². The van der Waals surface area contributed by atoms with Crippen LogP contribution >= 0.6 is 0 Å². The standard InChI is InChI=1S/C22H22FNO3/c23-17-4-5-19-16(14-17)6-9-22(19,25)24-10-7-15(8-11-24)18-2-1-3-20-21(18)27-13-12-26-20/h1-5,7,14,25H,6,8-13H2. The Kier molecular flexibility index (Phi) is 3.95. The molecule has 0 spiro atoms. The zero-order valence-corrected chi connectivity index (χ0v) is 15.1. The highest BCUT2D eigenvalue weighted by Gasteiger charge is 2.42. The van der Waals surface area contributed by atoms with Crippen LogP contribution in [0.25, 0.3) is 5.57 Å². The van der Waals surface area contributed by atoms with E-state index in [9.17, 15) is 9.50 Å². The normalized spacial score (nSPS) is 24.4. The van der Waals surface area contributed by atoms with Crippen molar-refractivity contribution in [1.29, 1.82) is 0 Å². The molecular formula is C22H22FNO3. The molecule has 1 atom stereocenters. The van der Waals surface area contributed by atoms with E-state index in [4.69, 9.17) is 9.47 Å². The molecule has 140 valence electrons. The van der Waals surface area contributed by atoms with Crippen LogP contribution in [0.3, 0.4) is 0 Å². The lowest BCUT2D eigenvalue weighted by Crippen LogP contribution is -2.46. The predicted octanol–water partition coefficient (Wildman–Crippen LogP) is 3.48. The van der Waals surface area contributed by atoms with Crippen LogP contribution in [0, 0.1) is 5.82 Å². The number of fused-ring (bicyclic) bond motifs is 2. The minimum atomic E-state index is -1.01. The Morgan fingerprint density at radius 2 is 1.96 bits per heavy atom. The zero-order valence-electron chi connectivity index (χ0n) is 15.1. The van der Waals surface area contributed by atoms with Gasteiger partial charge in [-0.1, -0.05) is 24.3 Å². The smallest absolute Gasteiger partial charge is 0.168 e. The van der Waals surface area contributed by atoms with Crippen LogP contribution in [0.2, 0.25) is 0 Å². The van der Waals surface area contributed by atoms with Gasteiger partial charge in [0.2, 0.25) is 0 Å². The Hall–Kier alpha value is -2.37. The van der Waals surface area contributed by atoms with Gasteiger partial charge in [-0.15, -0.1) is 0 Å². The van der Waals surface area contributed by atoms with E-state index in [1.807, 2.05) is 12.1 Å². The van der Waals surface area contributed by atoms with Crippen LogP contribution in [0.4, 0.5) is 4.39 Å². The van der Waals surface area contributed by atoms with E-state index < -0.39 is 5.72 Å². The summed E-state index contributed by atoms with van der Waals surface area (Å²) in [6.45, 7) is 2.53. The van der Waals surface area contributed by atoms with Gasteiger partial charge < -0.3 is 14.6 Å². The summed E-state index contributed by atoms with van der Waals surface area (Å²) >= 11 is 0. The largest absolute Gasteiger partial charge is 0.486 e. The Morgan fingerprint density at radius 1 is 1.07 bits per heavy atom. The van der Waals surface area contributed by atoms with Crippen LogP contribution in [-0.2, 0) is 12.1 Å². The van der Waals surface area contributed by atoms with E-state index in [1.165, 1.54) is 11.6 Å². The maximum absolute atomic E-state index is 13.5. The second-order valence-corrected chi connectivity index (χ2v) is 7.37. The Labute approximate surface area is 157 Å². The number of aliphatic hydroxyl groups is 1. The number of nitrogens with zero attached hydrogens (tertiary/aromatic N) is 1. The molecule has 2 aromatic rings. The zero-order chi connectivity index (χ0) is 18.4. The molecule has 0 fully saturated rings. The van der Waals surface area contributed by atoms with Gasteiger partial charge in [0.25, 0.3) is 0 Å². The third kappa shape index (κ3) is 2.73. The van der Waals surface area contributed by atoms with Crippen molar-refractivity contribution >= 4 is 5.57 Å². The average Bonchev–Trinajstić information content (AvgIpc) is 3.05. The first-order valence-corrected chi connectivity index (χ1v) is 9.49. The maximum Gasteiger partial charge on any atom is 0.168 e. The average molecular weight is 367 g/mol. The summed E-state index contributed by atoms with van der Waals surface area (Å²) in [5.41, 5.74) is 3.03. The van der Waals surface area contributed by atoms with Gasteiger partial charge in [0, 0.05) is 24.2 Å². The van der Waals surface area contributed by atoms with Crippen molar-refractivity contribution in [3.05, 3.63) is 65.0 Å². The monoisotopic (exact) mass is 367 g/mol. The number of benzene rings is 2. The topological polar surface area (TPSA) is 41.9 Å². The minimum absolute atomic E-state index is 0.241. The van der Waals surface area contributed by atoms with Gasteiger partial charge in [-0.05, 0) is 48.6 Å². The molecule has 2 aromatic carbocycles. The number of rotatable bonds is 2. The SMILES string of the molecule is OC1(N2CC=C(c3cccc4c3OCCO4)CC2)CCc2cc(F)ccc21. The van der Waals surface area contributed by atoms with E-state index >= 15 is 0 Å². The van der Waals surface area contributed by atoms with Gasteiger partial charge in [-0.3, -0.25) is 4.90 Å². The molecule has 0 saturated heterocycles. The number of para-hydroxylation sites is 1. The molecule has 3 aliphatic rings. The van der Waals surface area contributed by atoms with Crippen molar-refractivity contribution in [3.8, 4) is 11.5 Å². The van der Waals surface area contributed by atoms with Gasteiger partial charge in [-0.2, -0.15) is 0 Å². The summed E-state index contributed by atoms with van der Waals surface area (Å²) in [6.07, 6.45) is 4.29. The molecule has 5 heteroatoms. The van der Waals surface area contributed by atoms with Crippen LogP contribution < -0.4 is 9.47 Å². The van der Waals surface area contributed by atoms with Crippen LogP contribution in [-0.4, -0.2) is 36.3 Å². The summed E-state index contributed by atoms with van der Waals surface area (Å²) in [7, 11) is 0. The number of halogens is 1. The molecule has 0 radical (unpaired) electrons. The van der Waals surface area contributed by atoms with Gasteiger partial charge in [0.05, 0.1) is 0 Å². The maximum atomic E-state index is 13.5. The lowest BCUT2D eigenvalue weighted by molar-refractivity contribution is -0.109. The van der Waals surface area contributed by atoms with Crippen LogP contribution in [0.5, 0.6) is 11.5 Å². The first kappa shape index (κ1) is 16.8. The molecule has 1 unspecified atom stereocenters. The highest BCUT2D eigenvalue weighted by atomic mass is 19.1. The number of hydrogen-bond donors (Lipinski definition) is 1. The Bertz CT molecular complexity index is 926. The summed E-state index contributed by atoms with van der Waals surface area (Å²) in [5.74, 6) is 1.38. The summed E-state index contributed by atoms with van der Waals surface area (Å²) in [6, 6.07) is 10.7. The highest BCUT2D eigenvalue weighted by molar-refractivity contribution is 5.74. The van der Waals surface area contributed by atoms with E-state index in [2.05, 4.69) is 17.0 Å².